The van der Waals surface area contributed by atoms with Gasteiger partial charge in [-0.15, -0.1) is 0 Å². The van der Waals surface area contributed by atoms with Crippen LogP contribution >= 0.6 is 0 Å². The molecule has 0 saturated carbocycles. The second-order valence-corrected chi connectivity index (χ2v) is 7.26. The number of benzene rings is 2. The SMILES string of the molecule is Cc1ccc(C2=N/C(=C/c3ccc(N4CCCCC4)c([N+](=O)[O-])c3)C(=O)O2)cc1. The van der Waals surface area contributed by atoms with Crippen LogP contribution in [0.5, 0.6) is 0 Å². The summed E-state index contributed by atoms with van der Waals surface area (Å²) in [6, 6.07) is 12.5. The molecule has 2 heterocycles. The van der Waals surface area contributed by atoms with E-state index in [9.17, 15) is 14.9 Å². The summed E-state index contributed by atoms with van der Waals surface area (Å²) < 4.78 is 5.27. The number of carbonyl (C=O) groups excluding carboxylic acids is 1. The molecule has 0 radical (unpaired) electrons. The largest absolute Gasteiger partial charge is 0.402 e. The number of nitro benzene ring substituents is 1. The molecule has 0 unspecified atom stereocenters. The number of hydrogen-bond donors (Lipinski definition) is 0. The molecule has 1 saturated heterocycles. The van der Waals surface area contributed by atoms with Crippen LogP contribution in [0.15, 0.2) is 53.2 Å². The Hall–Kier alpha value is -3.48. The molecular formula is C22H21N3O4. The first-order valence-corrected chi connectivity index (χ1v) is 9.64. The van der Waals surface area contributed by atoms with E-state index >= 15 is 0 Å². The van der Waals surface area contributed by atoms with Gasteiger partial charge in [0.2, 0.25) is 5.90 Å². The first kappa shape index (κ1) is 18.9. The Morgan fingerprint density at radius 3 is 2.52 bits per heavy atom. The van der Waals surface area contributed by atoms with Crippen molar-refractivity contribution in [3.63, 3.8) is 0 Å². The molecular weight excluding hydrogens is 370 g/mol. The summed E-state index contributed by atoms with van der Waals surface area (Å²) in [6.45, 7) is 3.60. The Labute approximate surface area is 168 Å². The van der Waals surface area contributed by atoms with Gasteiger partial charge in [0, 0.05) is 24.7 Å². The monoisotopic (exact) mass is 391 g/mol. The summed E-state index contributed by atoms with van der Waals surface area (Å²) in [5, 5.41) is 11.6. The Kier molecular flexibility index (Phi) is 5.12. The second-order valence-electron chi connectivity index (χ2n) is 7.26. The maximum absolute atomic E-state index is 12.2. The van der Waals surface area contributed by atoms with Crippen molar-refractivity contribution in [1.29, 1.82) is 0 Å². The zero-order chi connectivity index (χ0) is 20.4. The molecule has 0 atom stereocenters. The molecule has 0 spiro atoms. The molecule has 0 amide bonds. The van der Waals surface area contributed by atoms with Crippen molar-refractivity contribution < 1.29 is 14.5 Å². The van der Waals surface area contributed by atoms with Crippen LogP contribution in [-0.2, 0) is 9.53 Å². The predicted molar refractivity (Wildman–Crippen MR) is 111 cm³/mol. The molecule has 2 aromatic rings. The van der Waals surface area contributed by atoms with E-state index in [1.54, 1.807) is 12.1 Å². The molecule has 2 aliphatic heterocycles. The number of carbonyl (C=O) groups is 1. The van der Waals surface area contributed by atoms with Gasteiger partial charge in [-0.05, 0) is 56.0 Å². The van der Waals surface area contributed by atoms with Crippen molar-refractivity contribution in [2.24, 2.45) is 4.99 Å². The first-order chi connectivity index (χ1) is 14.0. The highest BCUT2D eigenvalue weighted by molar-refractivity contribution is 6.12. The summed E-state index contributed by atoms with van der Waals surface area (Å²) in [5.41, 5.74) is 3.12. The van der Waals surface area contributed by atoms with Gasteiger partial charge >= 0.3 is 5.97 Å². The molecule has 0 aliphatic carbocycles. The van der Waals surface area contributed by atoms with Crippen molar-refractivity contribution in [2.45, 2.75) is 26.2 Å². The predicted octanol–water partition coefficient (Wildman–Crippen LogP) is 4.24. The number of hydrogen-bond acceptors (Lipinski definition) is 6. The van der Waals surface area contributed by atoms with Gasteiger partial charge in [-0.25, -0.2) is 9.79 Å². The van der Waals surface area contributed by atoms with E-state index in [-0.39, 0.29) is 22.2 Å². The quantitative estimate of drug-likeness (QED) is 0.337. The van der Waals surface area contributed by atoms with Gasteiger partial charge < -0.3 is 9.64 Å². The molecule has 7 heteroatoms. The van der Waals surface area contributed by atoms with Crippen molar-refractivity contribution in [2.75, 3.05) is 18.0 Å². The average molecular weight is 391 g/mol. The third-order valence-corrected chi connectivity index (χ3v) is 5.12. The molecule has 148 valence electrons. The van der Waals surface area contributed by atoms with Crippen LogP contribution in [0, 0.1) is 17.0 Å². The van der Waals surface area contributed by atoms with Crippen LogP contribution in [0.3, 0.4) is 0 Å². The Balaban J connectivity index is 1.64. The molecule has 29 heavy (non-hydrogen) atoms. The number of nitrogens with zero attached hydrogens (tertiary/aromatic N) is 3. The van der Waals surface area contributed by atoms with Gasteiger partial charge in [-0.2, -0.15) is 0 Å². The fourth-order valence-electron chi connectivity index (χ4n) is 3.57. The lowest BCUT2D eigenvalue weighted by Crippen LogP contribution is -2.29. The number of rotatable bonds is 4. The third-order valence-electron chi connectivity index (χ3n) is 5.12. The molecule has 0 aromatic heterocycles. The maximum atomic E-state index is 12.2. The lowest BCUT2D eigenvalue weighted by atomic mass is 10.1. The van der Waals surface area contributed by atoms with E-state index in [2.05, 4.69) is 9.89 Å². The molecule has 7 nitrogen and oxygen atoms in total. The Morgan fingerprint density at radius 2 is 1.83 bits per heavy atom. The Bertz CT molecular complexity index is 1020. The number of cyclic esters (lactones) is 1. The van der Waals surface area contributed by atoms with E-state index in [1.165, 1.54) is 12.1 Å². The fourth-order valence-corrected chi connectivity index (χ4v) is 3.57. The smallest absolute Gasteiger partial charge is 0.363 e. The minimum absolute atomic E-state index is 0.0374. The van der Waals surface area contributed by atoms with Crippen LogP contribution in [0.2, 0.25) is 0 Å². The minimum atomic E-state index is -0.566. The topological polar surface area (TPSA) is 85.0 Å². The maximum Gasteiger partial charge on any atom is 0.363 e. The highest BCUT2D eigenvalue weighted by Gasteiger charge is 2.25. The van der Waals surface area contributed by atoms with Crippen molar-refractivity contribution in [1.82, 2.24) is 0 Å². The van der Waals surface area contributed by atoms with Gasteiger partial charge in [0.15, 0.2) is 5.70 Å². The highest BCUT2D eigenvalue weighted by Crippen LogP contribution is 2.32. The summed E-state index contributed by atoms with van der Waals surface area (Å²) in [7, 11) is 0. The highest BCUT2D eigenvalue weighted by atomic mass is 16.6. The van der Waals surface area contributed by atoms with E-state index in [4.69, 9.17) is 4.74 Å². The fraction of sp³-hybridized carbons (Fsp3) is 0.273. The van der Waals surface area contributed by atoms with Crippen LogP contribution in [0.4, 0.5) is 11.4 Å². The summed E-state index contributed by atoms with van der Waals surface area (Å²) in [4.78, 5) is 29.8. The molecule has 2 aliphatic rings. The van der Waals surface area contributed by atoms with Crippen LogP contribution in [-0.4, -0.2) is 29.9 Å². The van der Waals surface area contributed by atoms with E-state index in [0.29, 0.717) is 16.8 Å². The van der Waals surface area contributed by atoms with Gasteiger partial charge in [0.25, 0.3) is 5.69 Å². The van der Waals surface area contributed by atoms with E-state index in [1.807, 2.05) is 31.2 Å². The summed E-state index contributed by atoms with van der Waals surface area (Å²) in [5.74, 6) is -0.330. The minimum Gasteiger partial charge on any atom is -0.402 e. The summed E-state index contributed by atoms with van der Waals surface area (Å²) in [6.07, 6.45) is 4.74. The normalized spacial score (nSPS) is 18.0. The molecule has 4 rings (SSSR count). The lowest BCUT2D eigenvalue weighted by molar-refractivity contribution is -0.384. The van der Waals surface area contributed by atoms with E-state index < -0.39 is 5.97 Å². The number of anilines is 1. The number of nitro groups is 1. The molecule has 0 bridgehead atoms. The van der Waals surface area contributed by atoms with Crippen LogP contribution in [0.1, 0.15) is 36.0 Å². The van der Waals surface area contributed by atoms with Crippen LogP contribution in [0.25, 0.3) is 6.08 Å². The zero-order valence-electron chi connectivity index (χ0n) is 16.1. The van der Waals surface area contributed by atoms with Crippen molar-refractivity contribution in [3.8, 4) is 0 Å². The third kappa shape index (κ3) is 4.03. The van der Waals surface area contributed by atoms with Gasteiger partial charge in [-0.1, -0.05) is 23.8 Å². The van der Waals surface area contributed by atoms with Gasteiger partial charge in [0.05, 0.1) is 4.92 Å². The number of esters is 1. The average Bonchev–Trinajstić information content (AvgIpc) is 3.09. The lowest BCUT2D eigenvalue weighted by Gasteiger charge is -2.28. The number of aryl methyl sites for hydroxylation is 1. The number of piperidine rings is 1. The molecule has 0 N–H and O–H groups in total. The molecule has 2 aromatic carbocycles. The standard InChI is InChI=1S/C22H21N3O4/c1-15-5-8-17(9-6-15)21-23-18(22(26)29-21)13-16-7-10-19(20(14-16)25(27)28)24-11-3-2-4-12-24/h5-10,13-14H,2-4,11-12H2,1H3/b18-13+. The second kappa shape index (κ2) is 7.87. The zero-order valence-corrected chi connectivity index (χ0v) is 16.1. The van der Waals surface area contributed by atoms with E-state index in [0.717, 1.165) is 37.9 Å². The summed E-state index contributed by atoms with van der Waals surface area (Å²) >= 11 is 0. The Morgan fingerprint density at radius 1 is 1.10 bits per heavy atom. The van der Waals surface area contributed by atoms with Gasteiger partial charge in [0.1, 0.15) is 5.69 Å². The van der Waals surface area contributed by atoms with Crippen molar-refractivity contribution >= 4 is 29.3 Å². The number of ether oxygens (including phenoxy) is 1. The van der Waals surface area contributed by atoms with Gasteiger partial charge in [-0.3, -0.25) is 10.1 Å². The molecule has 1 fully saturated rings. The van der Waals surface area contributed by atoms with Crippen LogP contribution < -0.4 is 4.90 Å². The number of aliphatic imine (C=N–C) groups is 1. The van der Waals surface area contributed by atoms with Crippen molar-refractivity contribution in [3.05, 3.63) is 75.0 Å². The first-order valence-electron chi connectivity index (χ1n) is 9.64.